The van der Waals surface area contributed by atoms with E-state index in [-0.39, 0.29) is 12.1 Å². The van der Waals surface area contributed by atoms with E-state index in [2.05, 4.69) is 0 Å². The summed E-state index contributed by atoms with van der Waals surface area (Å²) in [5.41, 5.74) is -0.413. The van der Waals surface area contributed by atoms with E-state index in [1.807, 2.05) is 0 Å². The average Bonchev–Trinajstić information content (AvgIpc) is 2.17. The molecule has 16 heavy (non-hydrogen) atoms. The zero-order chi connectivity index (χ0) is 12.3. The minimum atomic E-state index is -1.18. The van der Waals surface area contributed by atoms with Crippen LogP contribution in [0.3, 0.4) is 0 Å². The summed E-state index contributed by atoms with van der Waals surface area (Å²) in [6.07, 6.45) is -0.629. The molecule has 0 aliphatic rings. The Morgan fingerprint density at radius 3 is 2.25 bits per heavy atom. The van der Waals surface area contributed by atoms with E-state index in [0.717, 1.165) is 5.56 Å². The Balaban J connectivity index is 2.73. The van der Waals surface area contributed by atoms with Crippen LogP contribution in [0, 0.1) is 10.1 Å². The normalized spacial score (nSPS) is 13.5. The molecule has 0 amide bonds. The van der Waals surface area contributed by atoms with Crippen molar-refractivity contribution in [1.29, 1.82) is 0 Å². The number of hydrogen-bond acceptors (Lipinski definition) is 4. The van der Waals surface area contributed by atoms with Gasteiger partial charge in [-0.2, -0.15) is 0 Å². The van der Waals surface area contributed by atoms with Crippen LogP contribution in [-0.2, 0) is 6.42 Å². The lowest BCUT2D eigenvalue weighted by Crippen LogP contribution is -2.37. The van der Waals surface area contributed by atoms with Gasteiger partial charge in [0.1, 0.15) is 0 Å². The molecule has 0 spiro atoms. The van der Waals surface area contributed by atoms with Crippen molar-refractivity contribution in [2.45, 2.75) is 32.0 Å². The lowest BCUT2D eigenvalue weighted by molar-refractivity contribution is -0.384. The van der Waals surface area contributed by atoms with Crippen LogP contribution in [0.4, 0.5) is 5.69 Å². The third kappa shape index (κ3) is 3.29. The van der Waals surface area contributed by atoms with Crippen LogP contribution in [0.5, 0.6) is 0 Å². The molecule has 0 aromatic heterocycles. The Bertz CT molecular complexity index is 367. The topological polar surface area (TPSA) is 83.6 Å². The van der Waals surface area contributed by atoms with Crippen molar-refractivity contribution in [3.8, 4) is 0 Å². The molecule has 1 rings (SSSR count). The van der Waals surface area contributed by atoms with Gasteiger partial charge in [-0.25, -0.2) is 0 Å². The Labute approximate surface area is 93.5 Å². The summed E-state index contributed by atoms with van der Waals surface area (Å²) < 4.78 is 0. The number of hydrogen-bond donors (Lipinski definition) is 2. The third-order valence-corrected chi connectivity index (χ3v) is 2.39. The Hall–Kier alpha value is -1.46. The smallest absolute Gasteiger partial charge is 0.269 e. The molecule has 1 aromatic carbocycles. The van der Waals surface area contributed by atoms with Crippen LogP contribution in [-0.4, -0.2) is 26.8 Å². The van der Waals surface area contributed by atoms with Crippen molar-refractivity contribution in [3.05, 3.63) is 39.9 Å². The lowest BCUT2D eigenvalue weighted by Gasteiger charge is -2.24. The van der Waals surface area contributed by atoms with E-state index in [0.29, 0.717) is 0 Å². The van der Waals surface area contributed by atoms with Crippen LogP contribution in [0.15, 0.2) is 24.3 Å². The van der Waals surface area contributed by atoms with E-state index < -0.39 is 16.6 Å². The highest BCUT2D eigenvalue weighted by molar-refractivity contribution is 5.33. The van der Waals surface area contributed by atoms with Gasteiger partial charge in [-0.1, -0.05) is 12.1 Å². The molecule has 0 aliphatic heterocycles. The van der Waals surface area contributed by atoms with E-state index in [1.165, 1.54) is 26.0 Å². The number of nitrogens with zero attached hydrogens (tertiary/aromatic N) is 1. The van der Waals surface area contributed by atoms with Gasteiger partial charge in [-0.15, -0.1) is 0 Å². The predicted molar refractivity (Wildman–Crippen MR) is 59.1 cm³/mol. The standard InChI is InChI=1S/C11H15NO4/c1-11(2,14)10(13)7-8-3-5-9(6-4-8)12(15)16/h3-6,10,13-14H,7H2,1-2H3/t10-/m0/s1. The van der Waals surface area contributed by atoms with Crippen LogP contribution in [0.25, 0.3) is 0 Å². The molecular formula is C11H15NO4. The van der Waals surface area contributed by atoms with Crippen LogP contribution in [0.2, 0.25) is 0 Å². The highest BCUT2D eigenvalue weighted by Crippen LogP contribution is 2.17. The van der Waals surface area contributed by atoms with Crippen molar-refractivity contribution >= 4 is 5.69 Å². The van der Waals surface area contributed by atoms with E-state index in [9.17, 15) is 20.3 Å². The Morgan fingerprint density at radius 2 is 1.88 bits per heavy atom. The Morgan fingerprint density at radius 1 is 1.38 bits per heavy atom. The van der Waals surface area contributed by atoms with Crippen molar-refractivity contribution in [1.82, 2.24) is 0 Å². The van der Waals surface area contributed by atoms with Gasteiger partial charge >= 0.3 is 0 Å². The van der Waals surface area contributed by atoms with Gasteiger partial charge in [-0.3, -0.25) is 10.1 Å². The fraction of sp³-hybridized carbons (Fsp3) is 0.455. The second kappa shape index (κ2) is 4.59. The molecule has 0 radical (unpaired) electrons. The summed E-state index contributed by atoms with van der Waals surface area (Å²) in [6, 6.07) is 5.92. The van der Waals surface area contributed by atoms with Gasteiger partial charge in [0.15, 0.2) is 0 Å². The minimum Gasteiger partial charge on any atom is -0.390 e. The summed E-state index contributed by atoms with van der Waals surface area (Å²) in [5, 5.41) is 29.6. The van der Waals surface area contributed by atoms with Gasteiger partial charge in [0.2, 0.25) is 0 Å². The third-order valence-electron chi connectivity index (χ3n) is 2.39. The first-order chi connectivity index (χ1) is 7.30. The number of benzene rings is 1. The average molecular weight is 225 g/mol. The quantitative estimate of drug-likeness (QED) is 0.597. The molecule has 0 saturated heterocycles. The van der Waals surface area contributed by atoms with Crippen molar-refractivity contribution in [3.63, 3.8) is 0 Å². The molecule has 1 aromatic rings. The van der Waals surface area contributed by atoms with Crippen molar-refractivity contribution in [2.24, 2.45) is 0 Å². The molecule has 5 nitrogen and oxygen atoms in total. The number of aliphatic hydroxyl groups is 2. The largest absolute Gasteiger partial charge is 0.390 e. The molecule has 2 N–H and O–H groups in total. The second-order valence-electron chi connectivity index (χ2n) is 4.30. The van der Waals surface area contributed by atoms with Crippen molar-refractivity contribution < 1.29 is 15.1 Å². The first kappa shape index (κ1) is 12.6. The predicted octanol–water partition coefficient (Wildman–Crippen LogP) is 1.27. The summed E-state index contributed by atoms with van der Waals surface area (Å²) in [5.74, 6) is 0. The summed E-state index contributed by atoms with van der Waals surface area (Å²) in [7, 11) is 0. The van der Waals surface area contributed by atoms with Gasteiger partial charge in [-0.05, 0) is 19.4 Å². The molecule has 88 valence electrons. The maximum absolute atomic E-state index is 10.4. The molecular weight excluding hydrogens is 210 g/mol. The maximum atomic E-state index is 10.4. The highest BCUT2D eigenvalue weighted by Gasteiger charge is 2.24. The van der Waals surface area contributed by atoms with Crippen LogP contribution in [0.1, 0.15) is 19.4 Å². The molecule has 0 fully saturated rings. The SMILES string of the molecule is CC(C)(O)[C@@H](O)Cc1ccc([N+](=O)[O-])cc1. The summed E-state index contributed by atoms with van der Waals surface area (Å²) >= 11 is 0. The first-order valence-corrected chi connectivity index (χ1v) is 4.94. The zero-order valence-corrected chi connectivity index (χ0v) is 9.25. The van der Waals surface area contributed by atoms with Gasteiger partial charge < -0.3 is 10.2 Å². The highest BCUT2D eigenvalue weighted by atomic mass is 16.6. The lowest BCUT2D eigenvalue weighted by atomic mass is 9.95. The molecule has 0 heterocycles. The molecule has 0 bridgehead atoms. The van der Waals surface area contributed by atoms with Gasteiger partial charge in [0.25, 0.3) is 5.69 Å². The van der Waals surface area contributed by atoms with Crippen LogP contribution >= 0.6 is 0 Å². The van der Waals surface area contributed by atoms with Gasteiger partial charge in [0.05, 0.1) is 16.6 Å². The van der Waals surface area contributed by atoms with E-state index >= 15 is 0 Å². The minimum absolute atomic E-state index is 0.0153. The van der Waals surface area contributed by atoms with Gasteiger partial charge in [0, 0.05) is 18.6 Å². The zero-order valence-electron chi connectivity index (χ0n) is 9.25. The fourth-order valence-corrected chi connectivity index (χ4v) is 1.23. The second-order valence-corrected chi connectivity index (χ2v) is 4.30. The van der Waals surface area contributed by atoms with Crippen molar-refractivity contribution in [2.75, 3.05) is 0 Å². The summed E-state index contributed by atoms with van der Waals surface area (Å²) in [4.78, 5) is 9.93. The van der Waals surface area contributed by atoms with E-state index in [4.69, 9.17) is 0 Å². The summed E-state index contributed by atoms with van der Waals surface area (Å²) in [6.45, 7) is 3.03. The monoisotopic (exact) mass is 225 g/mol. The first-order valence-electron chi connectivity index (χ1n) is 4.94. The maximum Gasteiger partial charge on any atom is 0.269 e. The fourth-order valence-electron chi connectivity index (χ4n) is 1.23. The Kier molecular flexibility index (Phi) is 3.62. The molecule has 0 saturated carbocycles. The number of aliphatic hydroxyl groups excluding tert-OH is 1. The number of nitro benzene ring substituents is 1. The molecule has 1 atom stereocenters. The number of non-ortho nitro benzene ring substituents is 1. The number of nitro groups is 1. The molecule has 5 heteroatoms. The van der Waals surface area contributed by atoms with E-state index in [1.54, 1.807) is 12.1 Å². The number of rotatable bonds is 4. The molecule has 0 unspecified atom stereocenters. The van der Waals surface area contributed by atoms with Crippen LogP contribution < -0.4 is 0 Å². The molecule has 0 aliphatic carbocycles.